The molecule has 2 aliphatic heterocycles. The molecule has 14 nitrogen and oxygen atoms in total. The summed E-state index contributed by atoms with van der Waals surface area (Å²) in [6, 6.07) is 16.0. The van der Waals surface area contributed by atoms with E-state index in [1.807, 2.05) is 23.4 Å². The Morgan fingerprint density at radius 3 is 2.42 bits per heavy atom. The Morgan fingerprint density at radius 2 is 1.68 bits per heavy atom. The molecule has 2 fully saturated rings. The number of likely N-dealkylation sites (tertiary alicyclic amines) is 1. The Bertz CT molecular complexity index is 1870. The van der Waals surface area contributed by atoms with E-state index in [1.54, 1.807) is 44.5 Å². The number of carbonyl (C=O) groups is 1. The molecule has 0 bridgehead atoms. The third-order valence-electron chi connectivity index (χ3n) is 10.2. The van der Waals surface area contributed by atoms with Gasteiger partial charge in [0.1, 0.15) is 6.33 Å². The highest BCUT2D eigenvalue weighted by Crippen LogP contribution is 2.41. The number of hydrogen-bond acceptors (Lipinski definition) is 11. The lowest BCUT2D eigenvalue weighted by Crippen LogP contribution is -2.39. The van der Waals surface area contributed by atoms with Crippen molar-refractivity contribution in [3.05, 3.63) is 78.4 Å². The third kappa shape index (κ3) is 6.67. The number of pyridine rings is 1. The first-order valence-electron chi connectivity index (χ1n) is 17.1. The average molecular weight is 681 g/mol. The number of aryl methyl sites for hydroxylation is 2. The quantitative estimate of drug-likeness (QED) is 0.192. The van der Waals surface area contributed by atoms with Crippen molar-refractivity contribution in [1.29, 1.82) is 0 Å². The van der Waals surface area contributed by atoms with Crippen molar-refractivity contribution >= 4 is 22.9 Å². The van der Waals surface area contributed by atoms with Gasteiger partial charge in [-0.1, -0.05) is 12.1 Å². The van der Waals surface area contributed by atoms with Crippen molar-refractivity contribution in [2.45, 2.75) is 37.8 Å². The largest absolute Gasteiger partial charge is 0.493 e. The van der Waals surface area contributed by atoms with Gasteiger partial charge in [0, 0.05) is 62.6 Å². The number of nitrogens with zero attached hydrogens (tertiary/aromatic N) is 10. The van der Waals surface area contributed by atoms with Gasteiger partial charge >= 0.3 is 0 Å². The maximum absolute atomic E-state index is 14.0. The number of para-hydroxylation sites is 2. The van der Waals surface area contributed by atoms with Crippen LogP contribution in [0.5, 0.6) is 17.2 Å². The van der Waals surface area contributed by atoms with E-state index in [2.05, 4.69) is 65.2 Å². The molecule has 0 radical (unpaired) electrons. The maximum Gasteiger partial charge on any atom is 0.254 e. The third-order valence-corrected chi connectivity index (χ3v) is 10.2. The number of hydrogen-bond donors (Lipinski definition) is 0. The second kappa shape index (κ2) is 14.7. The number of imidazole rings is 1. The van der Waals surface area contributed by atoms with Gasteiger partial charge in [0.2, 0.25) is 11.7 Å². The molecule has 50 heavy (non-hydrogen) atoms. The van der Waals surface area contributed by atoms with Gasteiger partial charge < -0.3 is 33.5 Å². The zero-order valence-corrected chi connectivity index (χ0v) is 28.9. The number of rotatable bonds is 12. The van der Waals surface area contributed by atoms with Gasteiger partial charge in [-0.25, -0.2) is 9.67 Å². The first-order valence-corrected chi connectivity index (χ1v) is 17.1. The van der Waals surface area contributed by atoms with Crippen molar-refractivity contribution in [3.8, 4) is 17.2 Å². The molecule has 2 aliphatic rings. The molecule has 5 aromatic rings. The summed E-state index contributed by atoms with van der Waals surface area (Å²) in [6.07, 6.45) is 8.20. The van der Waals surface area contributed by atoms with Crippen LogP contribution in [0.4, 0.5) is 5.95 Å². The summed E-state index contributed by atoms with van der Waals surface area (Å²) >= 11 is 0. The number of ether oxygens (including phenoxy) is 3. The monoisotopic (exact) mass is 680 g/mol. The van der Waals surface area contributed by atoms with E-state index in [0.717, 1.165) is 75.5 Å². The van der Waals surface area contributed by atoms with Crippen molar-refractivity contribution < 1.29 is 19.0 Å². The summed E-state index contributed by atoms with van der Waals surface area (Å²) in [5.74, 6) is 2.34. The van der Waals surface area contributed by atoms with Crippen LogP contribution in [0.3, 0.4) is 0 Å². The van der Waals surface area contributed by atoms with Crippen LogP contribution in [-0.4, -0.2) is 118 Å². The lowest BCUT2D eigenvalue weighted by molar-refractivity contribution is 0.0780. The summed E-state index contributed by atoms with van der Waals surface area (Å²) in [7, 11) is 4.68. The lowest BCUT2D eigenvalue weighted by Gasteiger charge is -2.33. The summed E-state index contributed by atoms with van der Waals surface area (Å²) < 4.78 is 20.6. The molecule has 2 aromatic carbocycles. The zero-order valence-electron chi connectivity index (χ0n) is 28.9. The van der Waals surface area contributed by atoms with E-state index in [1.165, 1.54) is 5.56 Å². The number of aromatic nitrogens is 7. The number of benzene rings is 2. The van der Waals surface area contributed by atoms with Crippen LogP contribution in [0.1, 0.15) is 35.2 Å². The molecule has 1 amide bonds. The predicted octanol–water partition coefficient (Wildman–Crippen LogP) is 3.53. The minimum absolute atomic E-state index is 0.0476. The highest BCUT2D eigenvalue weighted by molar-refractivity contribution is 5.96. The van der Waals surface area contributed by atoms with Gasteiger partial charge in [-0.2, -0.15) is 0 Å². The van der Waals surface area contributed by atoms with E-state index in [4.69, 9.17) is 19.2 Å². The fourth-order valence-electron chi connectivity index (χ4n) is 7.50. The SMILES string of the molecule is COc1cc(C(=O)N2CCC(CCN3CCCN(c4nc5ccccc5n4CCn4cnnn4)CC3)(c3ccncc3)C2)cc(OC)c1OC. The first kappa shape index (κ1) is 33.3. The molecule has 5 heterocycles. The molecule has 1 unspecified atom stereocenters. The first-order chi connectivity index (χ1) is 24.5. The highest BCUT2D eigenvalue weighted by atomic mass is 16.5. The van der Waals surface area contributed by atoms with Crippen molar-refractivity contribution in [2.24, 2.45) is 0 Å². The van der Waals surface area contributed by atoms with E-state index in [-0.39, 0.29) is 11.3 Å². The summed E-state index contributed by atoms with van der Waals surface area (Å²) in [5.41, 5.74) is 3.66. The van der Waals surface area contributed by atoms with Gasteiger partial charge in [0.15, 0.2) is 11.5 Å². The second-order valence-electron chi connectivity index (χ2n) is 13.0. The van der Waals surface area contributed by atoms with Crippen molar-refractivity contribution in [1.82, 2.24) is 44.5 Å². The minimum Gasteiger partial charge on any atom is -0.493 e. The molecule has 0 N–H and O–H groups in total. The highest BCUT2D eigenvalue weighted by Gasteiger charge is 2.42. The Morgan fingerprint density at radius 1 is 0.880 bits per heavy atom. The molecule has 0 aliphatic carbocycles. The Hall–Kier alpha value is -5.24. The molecule has 1 atom stereocenters. The number of fused-ring (bicyclic) bond motifs is 1. The van der Waals surface area contributed by atoms with Crippen molar-refractivity contribution in [2.75, 3.05) is 72.0 Å². The molecule has 14 heteroatoms. The normalized spacial score (nSPS) is 18.4. The number of anilines is 1. The smallest absolute Gasteiger partial charge is 0.254 e. The van der Waals surface area contributed by atoms with Crippen LogP contribution in [-0.2, 0) is 18.5 Å². The Labute approximate surface area is 291 Å². The molecule has 7 rings (SSSR count). The van der Waals surface area contributed by atoms with E-state index in [0.29, 0.717) is 42.4 Å². The van der Waals surface area contributed by atoms with E-state index in [9.17, 15) is 4.79 Å². The molecular weight excluding hydrogens is 636 g/mol. The van der Waals surface area contributed by atoms with Crippen LogP contribution in [0, 0.1) is 0 Å². The molecular formula is C36H44N10O4. The molecule has 3 aromatic heterocycles. The van der Waals surface area contributed by atoms with Crippen molar-refractivity contribution in [3.63, 3.8) is 0 Å². The Kier molecular flexibility index (Phi) is 9.78. The fourth-order valence-corrected chi connectivity index (χ4v) is 7.50. The standard InChI is InChI=1S/C36H44N10O4/c1-48-31-23-27(24-32(49-2)33(31)50-3)34(47)44-18-12-36(25-44,28-9-13-37-14-10-28)11-17-42-15-6-16-43(20-19-42)35-39-29-7-4-5-8-30(29)46(35)22-21-45-26-38-40-41-45/h4-5,7-10,13-14,23-24,26H,6,11-12,15-22,25H2,1-3H3. The summed E-state index contributed by atoms with van der Waals surface area (Å²) in [6.45, 7) is 7.33. The predicted molar refractivity (Wildman–Crippen MR) is 188 cm³/mol. The fraction of sp³-hybridized carbons (Fsp3) is 0.444. The molecule has 2 saturated heterocycles. The van der Waals surface area contributed by atoms with Gasteiger partial charge in [0.25, 0.3) is 5.91 Å². The molecule has 262 valence electrons. The van der Waals surface area contributed by atoms with Crippen LogP contribution in [0.15, 0.2) is 67.3 Å². The van der Waals surface area contributed by atoms with Gasteiger partial charge in [-0.05, 0) is 84.7 Å². The molecule has 0 saturated carbocycles. The van der Waals surface area contributed by atoms with Gasteiger partial charge in [0.05, 0.1) is 38.9 Å². The number of amides is 1. The average Bonchev–Trinajstić information content (AvgIpc) is 3.89. The van der Waals surface area contributed by atoms with Gasteiger partial charge in [-0.15, -0.1) is 5.10 Å². The van der Waals surface area contributed by atoms with Gasteiger partial charge in [-0.3, -0.25) is 9.78 Å². The van der Waals surface area contributed by atoms with E-state index < -0.39 is 0 Å². The van der Waals surface area contributed by atoms with Crippen LogP contribution < -0.4 is 19.1 Å². The van der Waals surface area contributed by atoms with Crippen LogP contribution >= 0.6 is 0 Å². The number of carbonyl (C=O) groups excluding carboxylic acids is 1. The van der Waals surface area contributed by atoms with Crippen LogP contribution in [0.25, 0.3) is 11.0 Å². The lowest BCUT2D eigenvalue weighted by atomic mass is 9.77. The summed E-state index contributed by atoms with van der Waals surface area (Å²) in [4.78, 5) is 30.3. The van der Waals surface area contributed by atoms with Crippen LogP contribution in [0.2, 0.25) is 0 Å². The number of tetrazole rings is 1. The maximum atomic E-state index is 14.0. The zero-order chi connectivity index (χ0) is 34.5. The van der Waals surface area contributed by atoms with E-state index >= 15 is 0 Å². The number of methoxy groups -OCH3 is 3. The Balaban J connectivity index is 1.06. The topological polar surface area (TPSA) is 129 Å². The minimum atomic E-state index is -0.185. The second-order valence-corrected chi connectivity index (χ2v) is 13.0. The molecule has 0 spiro atoms. The summed E-state index contributed by atoms with van der Waals surface area (Å²) in [5, 5.41) is 11.6.